The summed E-state index contributed by atoms with van der Waals surface area (Å²) in [7, 11) is 1.65. The standard InChI is InChI=1S/C15H25NO4/c1-18-9-10-20-12-11-19-8-7-16-15(13-17)14-5-3-2-4-6-14/h2-6,15-17H,7-13H2,1H3. The lowest BCUT2D eigenvalue weighted by molar-refractivity contribution is 0.0249. The minimum Gasteiger partial charge on any atom is -0.394 e. The molecule has 0 amide bonds. The van der Waals surface area contributed by atoms with E-state index in [2.05, 4.69) is 5.32 Å². The molecule has 1 aromatic carbocycles. The Hall–Kier alpha value is -0.980. The SMILES string of the molecule is COCCOCCOCCNC(CO)c1ccccc1. The van der Waals surface area contributed by atoms with Crippen molar-refractivity contribution in [2.45, 2.75) is 6.04 Å². The zero-order chi connectivity index (χ0) is 14.5. The van der Waals surface area contributed by atoms with Crippen molar-refractivity contribution in [1.29, 1.82) is 0 Å². The minimum atomic E-state index is -0.0437. The highest BCUT2D eigenvalue weighted by Crippen LogP contribution is 2.10. The molecule has 0 spiro atoms. The highest BCUT2D eigenvalue weighted by molar-refractivity contribution is 5.18. The normalized spacial score (nSPS) is 12.5. The smallest absolute Gasteiger partial charge is 0.0701 e. The highest BCUT2D eigenvalue weighted by atomic mass is 16.5. The van der Waals surface area contributed by atoms with Gasteiger partial charge < -0.3 is 24.6 Å². The summed E-state index contributed by atoms with van der Waals surface area (Å²) in [5.74, 6) is 0. The molecular weight excluding hydrogens is 258 g/mol. The molecule has 1 atom stereocenters. The second-order valence-electron chi connectivity index (χ2n) is 4.32. The van der Waals surface area contributed by atoms with Crippen LogP contribution in [0.1, 0.15) is 11.6 Å². The second-order valence-corrected chi connectivity index (χ2v) is 4.32. The summed E-state index contributed by atoms with van der Waals surface area (Å²) in [5.41, 5.74) is 1.08. The molecule has 0 radical (unpaired) electrons. The molecule has 114 valence electrons. The van der Waals surface area contributed by atoms with Crippen LogP contribution in [-0.2, 0) is 14.2 Å². The van der Waals surface area contributed by atoms with Gasteiger partial charge in [0.15, 0.2) is 0 Å². The van der Waals surface area contributed by atoms with Crippen molar-refractivity contribution in [1.82, 2.24) is 5.32 Å². The van der Waals surface area contributed by atoms with Crippen molar-refractivity contribution in [2.24, 2.45) is 0 Å². The summed E-state index contributed by atoms with van der Waals surface area (Å²) in [4.78, 5) is 0. The van der Waals surface area contributed by atoms with E-state index in [1.54, 1.807) is 7.11 Å². The van der Waals surface area contributed by atoms with Gasteiger partial charge in [0.25, 0.3) is 0 Å². The number of rotatable bonds is 12. The molecule has 0 bridgehead atoms. The van der Waals surface area contributed by atoms with Gasteiger partial charge in [0.2, 0.25) is 0 Å². The van der Waals surface area contributed by atoms with Crippen molar-refractivity contribution in [2.75, 3.05) is 53.3 Å². The number of nitrogens with one attached hydrogen (secondary N) is 1. The molecule has 0 aliphatic rings. The van der Waals surface area contributed by atoms with Gasteiger partial charge in [-0.15, -0.1) is 0 Å². The number of aliphatic hydroxyl groups excluding tert-OH is 1. The maximum Gasteiger partial charge on any atom is 0.0701 e. The first-order valence-electron chi connectivity index (χ1n) is 6.92. The number of methoxy groups -OCH3 is 1. The summed E-state index contributed by atoms with van der Waals surface area (Å²) in [6, 6.07) is 9.85. The van der Waals surface area contributed by atoms with Gasteiger partial charge in [-0.2, -0.15) is 0 Å². The predicted molar refractivity (Wildman–Crippen MR) is 77.8 cm³/mol. The molecule has 5 nitrogen and oxygen atoms in total. The Kier molecular flexibility index (Phi) is 10.1. The van der Waals surface area contributed by atoms with Crippen LogP contribution in [0.15, 0.2) is 30.3 Å². The van der Waals surface area contributed by atoms with Gasteiger partial charge in [0.05, 0.1) is 45.7 Å². The Morgan fingerprint density at radius 2 is 1.65 bits per heavy atom. The Morgan fingerprint density at radius 1 is 1.00 bits per heavy atom. The van der Waals surface area contributed by atoms with Gasteiger partial charge in [0, 0.05) is 13.7 Å². The summed E-state index contributed by atoms with van der Waals surface area (Å²) >= 11 is 0. The molecule has 0 fully saturated rings. The van der Waals surface area contributed by atoms with E-state index in [0.717, 1.165) is 5.56 Å². The minimum absolute atomic E-state index is 0.0437. The Bertz CT molecular complexity index is 321. The third kappa shape index (κ3) is 7.57. The molecule has 0 heterocycles. The van der Waals surface area contributed by atoms with Crippen LogP contribution in [-0.4, -0.2) is 58.4 Å². The molecule has 1 aromatic rings. The molecule has 5 heteroatoms. The molecule has 20 heavy (non-hydrogen) atoms. The van der Waals surface area contributed by atoms with Crippen LogP contribution in [0.3, 0.4) is 0 Å². The molecule has 0 aliphatic carbocycles. The number of ether oxygens (including phenoxy) is 3. The van der Waals surface area contributed by atoms with Crippen LogP contribution in [0.5, 0.6) is 0 Å². The predicted octanol–water partition coefficient (Wildman–Crippen LogP) is 0.989. The van der Waals surface area contributed by atoms with Gasteiger partial charge in [-0.05, 0) is 5.56 Å². The average molecular weight is 283 g/mol. The van der Waals surface area contributed by atoms with Crippen LogP contribution in [0.2, 0.25) is 0 Å². The van der Waals surface area contributed by atoms with Crippen LogP contribution in [0, 0.1) is 0 Å². The van der Waals surface area contributed by atoms with E-state index < -0.39 is 0 Å². The molecule has 1 unspecified atom stereocenters. The lowest BCUT2D eigenvalue weighted by Crippen LogP contribution is -2.28. The van der Waals surface area contributed by atoms with Crippen molar-refractivity contribution in [3.05, 3.63) is 35.9 Å². The molecule has 2 N–H and O–H groups in total. The molecular formula is C15H25NO4. The Balaban J connectivity index is 2.02. The van der Waals surface area contributed by atoms with E-state index in [-0.39, 0.29) is 12.6 Å². The number of aliphatic hydroxyl groups is 1. The van der Waals surface area contributed by atoms with Crippen molar-refractivity contribution < 1.29 is 19.3 Å². The third-order valence-corrected chi connectivity index (χ3v) is 2.83. The third-order valence-electron chi connectivity index (χ3n) is 2.83. The van der Waals surface area contributed by atoms with E-state index in [1.807, 2.05) is 30.3 Å². The topological polar surface area (TPSA) is 60.0 Å². The lowest BCUT2D eigenvalue weighted by atomic mass is 10.1. The van der Waals surface area contributed by atoms with Gasteiger partial charge >= 0.3 is 0 Å². The second kappa shape index (κ2) is 11.8. The summed E-state index contributed by atoms with van der Waals surface area (Å²) in [5, 5.41) is 12.6. The maximum atomic E-state index is 9.37. The summed E-state index contributed by atoms with van der Waals surface area (Å²) in [6.45, 7) is 3.71. The number of benzene rings is 1. The van der Waals surface area contributed by atoms with E-state index in [0.29, 0.717) is 39.6 Å². The fraction of sp³-hybridized carbons (Fsp3) is 0.600. The Morgan fingerprint density at radius 3 is 2.30 bits per heavy atom. The average Bonchev–Trinajstić information content (AvgIpc) is 2.50. The van der Waals surface area contributed by atoms with Crippen LogP contribution >= 0.6 is 0 Å². The molecule has 0 saturated carbocycles. The van der Waals surface area contributed by atoms with E-state index in [1.165, 1.54) is 0 Å². The fourth-order valence-corrected chi connectivity index (χ4v) is 1.74. The fourth-order valence-electron chi connectivity index (χ4n) is 1.74. The largest absolute Gasteiger partial charge is 0.394 e. The van der Waals surface area contributed by atoms with E-state index >= 15 is 0 Å². The molecule has 1 rings (SSSR count). The molecule has 0 aliphatic heterocycles. The maximum absolute atomic E-state index is 9.37. The quantitative estimate of drug-likeness (QED) is 0.560. The lowest BCUT2D eigenvalue weighted by Gasteiger charge is -2.16. The van der Waals surface area contributed by atoms with E-state index in [9.17, 15) is 5.11 Å². The number of hydrogen-bond acceptors (Lipinski definition) is 5. The first-order valence-corrected chi connectivity index (χ1v) is 6.92. The van der Waals surface area contributed by atoms with Crippen molar-refractivity contribution >= 4 is 0 Å². The zero-order valence-electron chi connectivity index (χ0n) is 12.1. The van der Waals surface area contributed by atoms with E-state index in [4.69, 9.17) is 14.2 Å². The number of hydrogen-bond donors (Lipinski definition) is 2. The van der Waals surface area contributed by atoms with Crippen molar-refractivity contribution in [3.8, 4) is 0 Å². The van der Waals surface area contributed by atoms with Crippen molar-refractivity contribution in [3.63, 3.8) is 0 Å². The Labute approximate surface area is 120 Å². The van der Waals surface area contributed by atoms with Gasteiger partial charge in [-0.1, -0.05) is 30.3 Å². The molecule has 0 saturated heterocycles. The highest BCUT2D eigenvalue weighted by Gasteiger charge is 2.07. The summed E-state index contributed by atoms with van der Waals surface area (Å²) in [6.07, 6.45) is 0. The first-order chi connectivity index (χ1) is 9.88. The first kappa shape index (κ1) is 17.1. The zero-order valence-corrected chi connectivity index (χ0v) is 12.1. The summed E-state index contributed by atoms with van der Waals surface area (Å²) < 4.78 is 15.6. The molecule has 0 aromatic heterocycles. The van der Waals surface area contributed by atoms with Crippen LogP contribution in [0.25, 0.3) is 0 Å². The monoisotopic (exact) mass is 283 g/mol. The van der Waals surface area contributed by atoms with Gasteiger partial charge in [0.1, 0.15) is 0 Å². The van der Waals surface area contributed by atoms with Gasteiger partial charge in [-0.25, -0.2) is 0 Å². The van der Waals surface area contributed by atoms with Crippen LogP contribution < -0.4 is 5.32 Å². The van der Waals surface area contributed by atoms with Crippen LogP contribution in [0.4, 0.5) is 0 Å². The van der Waals surface area contributed by atoms with Gasteiger partial charge in [-0.3, -0.25) is 0 Å².